The number of amides is 1. The molecule has 3 aromatic rings. The van der Waals surface area contributed by atoms with Gasteiger partial charge in [-0.05, 0) is 24.3 Å². The first-order valence-corrected chi connectivity index (χ1v) is 8.37. The number of nitrogens with zero attached hydrogens (tertiary/aromatic N) is 1. The summed E-state index contributed by atoms with van der Waals surface area (Å²) in [4.78, 5) is 28.5. The summed E-state index contributed by atoms with van der Waals surface area (Å²) in [6.45, 7) is -0.00565. The minimum atomic E-state index is -0.531. The van der Waals surface area contributed by atoms with Crippen LogP contribution < -0.4 is 14.8 Å². The van der Waals surface area contributed by atoms with Crippen LogP contribution in [0.25, 0.3) is 10.9 Å². The SMILES string of the molecule is O=C(CNC(=O)c1ccc2c(c1)OCO2)OCc1cccc2cccnc12. The number of carbonyl (C=O) groups excluding carboxylic acids is 2. The Kier molecular flexibility index (Phi) is 4.57. The molecular weight excluding hydrogens is 348 g/mol. The number of ether oxygens (including phenoxy) is 3. The Bertz CT molecular complexity index is 1010. The molecule has 0 atom stereocenters. The van der Waals surface area contributed by atoms with Crippen LogP contribution in [-0.4, -0.2) is 30.2 Å². The lowest BCUT2D eigenvalue weighted by atomic mass is 10.1. The Balaban J connectivity index is 1.32. The van der Waals surface area contributed by atoms with Crippen molar-refractivity contribution >= 4 is 22.8 Å². The summed E-state index contributed by atoms with van der Waals surface area (Å²) in [5, 5.41) is 3.51. The van der Waals surface area contributed by atoms with Gasteiger partial charge in [0.2, 0.25) is 6.79 Å². The van der Waals surface area contributed by atoms with Gasteiger partial charge in [-0.3, -0.25) is 14.6 Å². The molecule has 0 spiro atoms. The van der Waals surface area contributed by atoms with Gasteiger partial charge in [0.1, 0.15) is 13.2 Å². The molecule has 0 saturated carbocycles. The van der Waals surface area contributed by atoms with Gasteiger partial charge in [-0.15, -0.1) is 0 Å². The normalized spacial score (nSPS) is 12.0. The van der Waals surface area contributed by atoms with Gasteiger partial charge in [-0.25, -0.2) is 0 Å². The van der Waals surface area contributed by atoms with Gasteiger partial charge in [0.25, 0.3) is 5.91 Å². The number of nitrogens with one attached hydrogen (secondary N) is 1. The predicted molar refractivity (Wildman–Crippen MR) is 96.4 cm³/mol. The number of aromatic nitrogens is 1. The van der Waals surface area contributed by atoms with Gasteiger partial charge < -0.3 is 19.5 Å². The first-order chi connectivity index (χ1) is 13.2. The van der Waals surface area contributed by atoms with Crippen molar-refractivity contribution < 1.29 is 23.8 Å². The Morgan fingerprint density at radius 1 is 1.07 bits per heavy atom. The quantitative estimate of drug-likeness (QED) is 0.700. The van der Waals surface area contributed by atoms with E-state index in [0.29, 0.717) is 17.1 Å². The lowest BCUT2D eigenvalue weighted by molar-refractivity contribution is -0.143. The second-order valence-corrected chi connectivity index (χ2v) is 5.90. The van der Waals surface area contributed by atoms with Crippen molar-refractivity contribution in [1.29, 1.82) is 0 Å². The molecule has 4 rings (SSSR count). The second kappa shape index (κ2) is 7.33. The van der Waals surface area contributed by atoms with Crippen LogP contribution in [0.15, 0.2) is 54.7 Å². The summed E-state index contributed by atoms with van der Waals surface area (Å²) >= 11 is 0. The number of hydrogen-bond donors (Lipinski definition) is 1. The van der Waals surface area contributed by atoms with E-state index in [0.717, 1.165) is 16.5 Å². The molecule has 1 amide bonds. The molecular formula is C20H16N2O5. The standard InChI is InChI=1S/C20H16N2O5/c23-18(25-11-15-4-1-3-13-5-2-8-21-19(13)15)10-22-20(24)14-6-7-16-17(9-14)27-12-26-16/h1-9H,10-12H2,(H,22,24). The van der Waals surface area contributed by atoms with E-state index in [1.54, 1.807) is 24.4 Å². The Morgan fingerprint density at radius 3 is 2.85 bits per heavy atom. The van der Waals surface area contributed by atoms with E-state index < -0.39 is 11.9 Å². The molecule has 2 heterocycles. The van der Waals surface area contributed by atoms with Gasteiger partial charge in [0.05, 0.1) is 5.52 Å². The Labute approximate surface area is 154 Å². The van der Waals surface area contributed by atoms with Crippen LogP contribution in [0.4, 0.5) is 0 Å². The lowest BCUT2D eigenvalue weighted by Crippen LogP contribution is -2.30. The number of benzene rings is 2. The van der Waals surface area contributed by atoms with Crippen LogP contribution in [0.2, 0.25) is 0 Å². The first-order valence-electron chi connectivity index (χ1n) is 8.37. The molecule has 1 aromatic heterocycles. The monoisotopic (exact) mass is 364 g/mol. The highest BCUT2D eigenvalue weighted by Crippen LogP contribution is 2.32. The maximum atomic E-state index is 12.2. The van der Waals surface area contributed by atoms with Crippen molar-refractivity contribution in [1.82, 2.24) is 10.3 Å². The molecule has 0 bridgehead atoms. The largest absolute Gasteiger partial charge is 0.459 e. The van der Waals surface area contributed by atoms with E-state index in [9.17, 15) is 9.59 Å². The molecule has 1 N–H and O–H groups in total. The highest BCUT2D eigenvalue weighted by molar-refractivity contribution is 5.96. The summed E-state index contributed by atoms with van der Waals surface area (Å²) in [5.74, 6) is 0.178. The van der Waals surface area contributed by atoms with E-state index in [4.69, 9.17) is 14.2 Å². The molecule has 1 aliphatic rings. The molecule has 27 heavy (non-hydrogen) atoms. The average Bonchev–Trinajstić information content (AvgIpc) is 3.18. The fourth-order valence-corrected chi connectivity index (χ4v) is 2.79. The molecule has 2 aromatic carbocycles. The maximum absolute atomic E-state index is 12.2. The topological polar surface area (TPSA) is 86.8 Å². The van der Waals surface area contributed by atoms with E-state index in [1.807, 2.05) is 30.3 Å². The maximum Gasteiger partial charge on any atom is 0.325 e. The van der Waals surface area contributed by atoms with Crippen LogP contribution in [0.5, 0.6) is 11.5 Å². The number of fused-ring (bicyclic) bond motifs is 2. The molecule has 0 saturated heterocycles. The first kappa shape index (κ1) is 16.8. The van der Waals surface area contributed by atoms with Gasteiger partial charge in [0.15, 0.2) is 11.5 Å². The smallest absolute Gasteiger partial charge is 0.325 e. The van der Waals surface area contributed by atoms with Crippen LogP contribution in [0, 0.1) is 0 Å². The minimum Gasteiger partial charge on any atom is -0.459 e. The van der Waals surface area contributed by atoms with Crippen LogP contribution in [0.1, 0.15) is 15.9 Å². The molecule has 1 aliphatic heterocycles. The summed E-state index contributed by atoms with van der Waals surface area (Å²) < 4.78 is 15.7. The van der Waals surface area contributed by atoms with Crippen molar-refractivity contribution in [2.75, 3.05) is 13.3 Å². The van der Waals surface area contributed by atoms with E-state index in [2.05, 4.69) is 10.3 Å². The third kappa shape index (κ3) is 3.67. The Hall–Kier alpha value is -3.61. The third-order valence-electron chi connectivity index (χ3n) is 4.13. The van der Waals surface area contributed by atoms with Crippen molar-refractivity contribution in [2.24, 2.45) is 0 Å². The third-order valence-corrected chi connectivity index (χ3v) is 4.13. The van der Waals surface area contributed by atoms with Gasteiger partial charge >= 0.3 is 5.97 Å². The van der Waals surface area contributed by atoms with E-state index in [-0.39, 0.29) is 19.9 Å². The summed E-state index contributed by atoms with van der Waals surface area (Å²) in [6.07, 6.45) is 1.69. The van der Waals surface area contributed by atoms with Crippen LogP contribution in [0.3, 0.4) is 0 Å². The number of para-hydroxylation sites is 1. The average molecular weight is 364 g/mol. The van der Waals surface area contributed by atoms with Crippen molar-refractivity contribution in [3.63, 3.8) is 0 Å². The van der Waals surface area contributed by atoms with Crippen molar-refractivity contribution in [2.45, 2.75) is 6.61 Å². The number of pyridine rings is 1. The summed E-state index contributed by atoms with van der Waals surface area (Å²) in [5.41, 5.74) is 1.98. The highest BCUT2D eigenvalue weighted by Gasteiger charge is 2.17. The number of esters is 1. The zero-order chi connectivity index (χ0) is 18.6. The Morgan fingerprint density at radius 2 is 1.93 bits per heavy atom. The molecule has 0 aliphatic carbocycles. The van der Waals surface area contributed by atoms with Gasteiger partial charge in [-0.2, -0.15) is 0 Å². The highest BCUT2D eigenvalue weighted by atomic mass is 16.7. The molecule has 0 fully saturated rings. The van der Waals surface area contributed by atoms with Crippen LogP contribution in [-0.2, 0) is 16.1 Å². The van der Waals surface area contributed by atoms with Crippen molar-refractivity contribution in [3.8, 4) is 11.5 Å². The van der Waals surface area contributed by atoms with E-state index in [1.165, 1.54) is 0 Å². The fourth-order valence-electron chi connectivity index (χ4n) is 2.79. The zero-order valence-electron chi connectivity index (χ0n) is 14.3. The number of hydrogen-bond acceptors (Lipinski definition) is 6. The molecule has 0 unspecified atom stereocenters. The molecule has 7 nitrogen and oxygen atoms in total. The summed E-state index contributed by atoms with van der Waals surface area (Å²) in [6, 6.07) is 14.3. The van der Waals surface area contributed by atoms with Crippen molar-refractivity contribution in [3.05, 3.63) is 65.9 Å². The number of rotatable bonds is 5. The molecule has 136 valence electrons. The fraction of sp³-hybridized carbons (Fsp3) is 0.150. The second-order valence-electron chi connectivity index (χ2n) is 5.90. The van der Waals surface area contributed by atoms with E-state index >= 15 is 0 Å². The van der Waals surface area contributed by atoms with Crippen LogP contribution >= 0.6 is 0 Å². The van der Waals surface area contributed by atoms with Gasteiger partial charge in [-0.1, -0.05) is 24.3 Å². The zero-order valence-corrected chi connectivity index (χ0v) is 14.3. The number of carbonyl (C=O) groups is 2. The summed E-state index contributed by atoms with van der Waals surface area (Å²) in [7, 11) is 0. The molecule has 0 radical (unpaired) electrons. The minimum absolute atomic E-state index is 0.0904. The lowest BCUT2D eigenvalue weighted by Gasteiger charge is -2.08. The van der Waals surface area contributed by atoms with Gasteiger partial charge in [0, 0.05) is 22.7 Å². The predicted octanol–water partition coefficient (Wildman–Crippen LogP) is 2.44. The molecule has 7 heteroatoms.